The third-order valence-electron chi connectivity index (χ3n) is 2.31. The van der Waals surface area contributed by atoms with Gasteiger partial charge in [-0.1, -0.05) is 26.7 Å². The zero-order valence-electron chi connectivity index (χ0n) is 9.56. The SMILES string of the molecule is CCCCCN(C(=N)CC)C(C)C. The summed E-state index contributed by atoms with van der Waals surface area (Å²) in [4.78, 5) is 2.20. The van der Waals surface area contributed by atoms with E-state index < -0.39 is 0 Å². The van der Waals surface area contributed by atoms with Crippen LogP contribution >= 0.6 is 0 Å². The molecule has 0 aliphatic carbocycles. The molecule has 0 aromatic heterocycles. The molecule has 0 atom stereocenters. The van der Waals surface area contributed by atoms with Crippen molar-refractivity contribution in [3.05, 3.63) is 0 Å². The Morgan fingerprint density at radius 3 is 2.23 bits per heavy atom. The van der Waals surface area contributed by atoms with Gasteiger partial charge in [-0.2, -0.15) is 0 Å². The molecule has 0 aromatic rings. The monoisotopic (exact) mass is 184 g/mol. The van der Waals surface area contributed by atoms with E-state index in [0.29, 0.717) is 6.04 Å². The molecular formula is C11H24N2. The Labute approximate surface area is 82.8 Å². The lowest BCUT2D eigenvalue weighted by Gasteiger charge is -2.28. The molecule has 0 spiro atoms. The number of rotatable bonds is 6. The van der Waals surface area contributed by atoms with Crippen LogP contribution in [0.15, 0.2) is 0 Å². The summed E-state index contributed by atoms with van der Waals surface area (Å²) in [6, 6.07) is 0.476. The summed E-state index contributed by atoms with van der Waals surface area (Å²) in [6.45, 7) is 9.65. The fourth-order valence-corrected chi connectivity index (χ4v) is 1.44. The summed E-state index contributed by atoms with van der Waals surface area (Å²) >= 11 is 0. The Balaban J connectivity index is 3.88. The topological polar surface area (TPSA) is 27.1 Å². The predicted octanol–water partition coefficient (Wildman–Crippen LogP) is 3.27. The fraction of sp³-hybridized carbons (Fsp3) is 0.909. The van der Waals surface area contributed by atoms with Gasteiger partial charge in [-0.25, -0.2) is 0 Å². The zero-order valence-corrected chi connectivity index (χ0v) is 9.56. The maximum atomic E-state index is 7.79. The molecule has 0 saturated heterocycles. The third-order valence-corrected chi connectivity index (χ3v) is 2.31. The van der Waals surface area contributed by atoms with Crippen LogP contribution in [0, 0.1) is 5.41 Å². The summed E-state index contributed by atoms with van der Waals surface area (Å²) in [7, 11) is 0. The maximum absolute atomic E-state index is 7.79. The first-order valence-electron chi connectivity index (χ1n) is 5.47. The molecule has 0 amide bonds. The molecule has 78 valence electrons. The quantitative estimate of drug-likeness (QED) is 0.383. The molecule has 0 unspecified atom stereocenters. The van der Waals surface area contributed by atoms with E-state index in [2.05, 4.69) is 32.6 Å². The Bertz CT molecular complexity index is 141. The molecule has 2 heteroatoms. The van der Waals surface area contributed by atoms with Crippen LogP contribution in [0.3, 0.4) is 0 Å². The minimum Gasteiger partial charge on any atom is -0.358 e. The number of nitrogens with one attached hydrogen (secondary N) is 1. The first-order chi connectivity index (χ1) is 6.13. The van der Waals surface area contributed by atoms with Gasteiger partial charge in [-0.3, -0.25) is 5.41 Å². The van der Waals surface area contributed by atoms with Crippen LogP contribution in [0.1, 0.15) is 53.4 Å². The Hall–Kier alpha value is -0.530. The molecule has 0 aliphatic heterocycles. The molecule has 0 saturated carbocycles. The van der Waals surface area contributed by atoms with Crippen molar-refractivity contribution in [2.45, 2.75) is 59.4 Å². The number of hydrogen-bond donors (Lipinski definition) is 1. The smallest absolute Gasteiger partial charge is 0.0957 e. The van der Waals surface area contributed by atoms with Crippen molar-refractivity contribution in [3.63, 3.8) is 0 Å². The first kappa shape index (κ1) is 12.5. The van der Waals surface area contributed by atoms with Crippen molar-refractivity contribution in [1.29, 1.82) is 5.41 Å². The highest BCUT2D eigenvalue weighted by molar-refractivity contribution is 5.79. The second-order valence-corrected chi connectivity index (χ2v) is 3.79. The highest BCUT2D eigenvalue weighted by Crippen LogP contribution is 2.05. The normalized spacial score (nSPS) is 10.5. The van der Waals surface area contributed by atoms with Crippen LogP contribution < -0.4 is 0 Å². The Morgan fingerprint density at radius 1 is 1.23 bits per heavy atom. The van der Waals surface area contributed by atoms with Gasteiger partial charge < -0.3 is 4.90 Å². The minimum atomic E-state index is 0.476. The molecule has 0 aromatic carbocycles. The minimum absolute atomic E-state index is 0.476. The first-order valence-corrected chi connectivity index (χ1v) is 5.47. The van der Waals surface area contributed by atoms with Crippen LogP contribution in [-0.2, 0) is 0 Å². The lowest BCUT2D eigenvalue weighted by Crippen LogP contribution is -2.36. The summed E-state index contributed by atoms with van der Waals surface area (Å²) < 4.78 is 0. The summed E-state index contributed by atoms with van der Waals surface area (Å²) in [5.74, 6) is 0.783. The van der Waals surface area contributed by atoms with Crippen molar-refractivity contribution >= 4 is 5.84 Å². The third kappa shape index (κ3) is 4.91. The van der Waals surface area contributed by atoms with Crippen LogP contribution in [0.5, 0.6) is 0 Å². The average molecular weight is 184 g/mol. The Morgan fingerprint density at radius 2 is 1.85 bits per heavy atom. The maximum Gasteiger partial charge on any atom is 0.0957 e. The Kier molecular flexibility index (Phi) is 6.65. The average Bonchev–Trinajstić information content (AvgIpc) is 2.11. The van der Waals surface area contributed by atoms with Gasteiger partial charge >= 0.3 is 0 Å². The molecular weight excluding hydrogens is 160 g/mol. The van der Waals surface area contributed by atoms with E-state index in [-0.39, 0.29) is 0 Å². The van der Waals surface area contributed by atoms with Crippen molar-refractivity contribution < 1.29 is 0 Å². The van der Waals surface area contributed by atoms with Crippen molar-refractivity contribution in [2.24, 2.45) is 0 Å². The van der Waals surface area contributed by atoms with Gasteiger partial charge in [0.15, 0.2) is 0 Å². The lowest BCUT2D eigenvalue weighted by molar-refractivity contribution is 0.333. The standard InChI is InChI=1S/C11H24N2/c1-5-7-8-9-13(10(3)4)11(12)6-2/h10,12H,5-9H2,1-4H3. The highest BCUT2D eigenvalue weighted by Gasteiger charge is 2.10. The van der Waals surface area contributed by atoms with E-state index in [1.54, 1.807) is 0 Å². The van der Waals surface area contributed by atoms with Gasteiger partial charge in [0.05, 0.1) is 5.84 Å². The molecule has 0 rings (SSSR count). The fourth-order valence-electron chi connectivity index (χ4n) is 1.44. The van der Waals surface area contributed by atoms with Gasteiger partial charge in [-0.15, -0.1) is 0 Å². The number of unbranched alkanes of at least 4 members (excludes halogenated alkanes) is 2. The molecule has 13 heavy (non-hydrogen) atoms. The molecule has 0 radical (unpaired) electrons. The summed E-state index contributed by atoms with van der Waals surface area (Å²) in [6.07, 6.45) is 4.60. The van der Waals surface area contributed by atoms with Crippen molar-refractivity contribution in [2.75, 3.05) is 6.54 Å². The molecule has 0 fully saturated rings. The van der Waals surface area contributed by atoms with Crippen molar-refractivity contribution in [1.82, 2.24) is 4.90 Å². The van der Waals surface area contributed by atoms with Crippen LogP contribution in [-0.4, -0.2) is 23.3 Å². The highest BCUT2D eigenvalue weighted by atomic mass is 15.2. The van der Waals surface area contributed by atoms with E-state index in [0.717, 1.165) is 18.8 Å². The number of nitrogens with zero attached hydrogens (tertiary/aromatic N) is 1. The zero-order chi connectivity index (χ0) is 10.3. The predicted molar refractivity (Wildman–Crippen MR) is 59.4 cm³/mol. The van der Waals surface area contributed by atoms with Crippen LogP contribution in [0.25, 0.3) is 0 Å². The summed E-state index contributed by atoms with van der Waals surface area (Å²) in [5, 5.41) is 7.79. The van der Waals surface area contributed by atoms with Gasteiger partial charge in [0.1, 0.15) is 0 Å². The molecule has 2 nitrogen and oxygen atoms in total. The van der Waals surface area contributed by atoms with Gasteiger partial charge in [0, 0.05) is 19.0 Å². The van der Waals surface area contributed by atoms with E-state index >= 15 is 0 Å². The second kappa shape index (κ2) is 6.93. The van der Waals surface area contributed by atoms with Crippen molar-refractivity contribution in [3.8, 4) is 0 Å². The molecule has 0 aliphatic rings. The second-order valence-electron chi connectivity index (χ2n) is 3.79. The molecule has 0 bridgehead atoms. The van der Waals surface area contributed by atoms with E-state index in [9.17, 15) is 0 Å². The number of hydrogen-bond acceptors (Lipinski definition) is 1. The van der Waals surface area contributed by atoms with Crippen LogP contribution in [0.2, 0.25) is 0 Å². The van der Waals surface area contributed by atoms with Gasteiger partial charge in [0.25, 0.3) is 0 Å². The molecule has 0 heterocycles. The molecule has 1 N–H and O–H groups in total. The largest absolute Gasteiger partial charge is 0.358 e. The van der Waals surface area contributed by atoms with E-state index in [4.69, 9.17) is 5.41 Å². The van der Waals surface area contributed by atoms with Crippen LogP contribution in [0.4, 0.5) is 0 Å². The van der Waals surface area contributed by atoms with E-state index in [1.807, 2.05) is 0 Å². The number of amidine groups is 1. The van der Waals surface area contributed by atoms with Gasteiger partial charge in [0.2, 0.25) is 0 Å². The van der Waals surface area contributed by atoms with Gasteiger partial charge in [-0.05, 0) is 20.3 Å². The lowest BCUT2D eigenvalue weighted by atomic mass is 10.2. The summed E-state index contributed by atoms with van der Waals surface area (Å²) in [5.41, 5.74) is 0. The van der Waals surface area contributed by atoms with E-state index in [1.165, 1.54) is 19.3 Å².